The van der Waals surface area contributed by atoms with Gasteiger partial charge in [-0.3, -0.25) is 19.3 Å². The maximum absolute atomic E-state index is 12.8. The van der Waals surface area contributed by atoms with Crippen LogP contribution >= 0.6 is 0 Å². The largest absolute Gasteiger partial charge is 0.369 e. The number of rotatable bonds is 2. The van der Waals surface area contributed by atoms with Gasteiger partial charge in [0.1, 0.15) is 0 Å². The van der Waals surface area contributed by atoms with Gasteiger partial charge in [0.25, 0.3) is 11.8 Å². The molecule has 24 heavy (non-hydrogen) atoms. The molecule has 7 nitrogen and oxygen atoms in total. The number of hydrogen-bond acceptors (Lipinski definition) is 5. The molecule has 126 valence electrons. The number of nitrogens with zero attached hydrogens (tertiary/aromatic N) is 2. The van der Waals surface area contributed by atoms with Crippen LogP contribution in [0.15, 0.2) is 18.2 Å². The van der Waals surface area contributed by atoms with E-state index in [4.69, 9.17) is 0 Å². The fraction of sp³-hybridized carbons (Fsp3) is 0.471. The van der Waals surface area contributed by atoms with Crippen molar-refractivity contribution in [3.63, 3.8) is 0 Å². The minimum absolute atomic E-state index is 0.0242. The van der Waals surface area contributed by atoms with Gasteiger partial charge in [0.15, 0.2) is 0 Å². The first-order chi connectivity index (χ1) is 11.6. The highest BCUT2D eigenvalue weighted by Crippen LogP contribution is 2.30. The van der Waals surface area contributed by atoms with Crippen molar-refractivity contribution in [1.82, 2.24) is 15.5 Å². The Kier molecular flexibility index (Phi) is 3.72. The quantitative estimate of drug-likeness (QED) is 0.745. The maximum Gasteiger partial charge on any atom is 0.261 e. The number of hydrogen-bond donors (Lipinski definition) is 2. The highest BCUT2D eigenvalue weighted by atomic mass is 16.2. The molecule has 1 aromatic carbocycles. The highest BCUT2D eigenvalue weighted by molar-refractivity contribution is 6.22. The number of carbonyl (C=O) groups excluding carboxylic acids is 3. The van der Waals surface area contributed by atoms with E-state index in [1.807, 2.05) is 12.1 Å². The predicted molar refractivity (Wildman–Crippen MR) is 88.1 cm³/mol. The smallest absolute Gasteiger partial charge is 0.261 e. The van der Waals surface area contributed by atoms with E-state index in [1.54, 1.807) is 6.07 Å². The van der Waals surface area contributed by atoms with Gasteiger partial charge < -0.3 is 15.5 Å². The van der Waals surface area contributed by atoms with Gasteiger partial charge in [0, 0.05) is 44.8 Å². The van der Waals surface area contributed by atoms with Gasteiger partial charge in [-0.25, -0.2) is 0 Å². The van der Waals surface area contributed by atoms with Crippen LogP contribution in [0.4, 0.5) is 5.69 Å². The van der Waals surface area contributed by atoms with Gasteiger partial charge in [-0.2, -0.15) is 0 Å². The Morgan fingerprint density at radius 1 is 1.00 bits per heavy atom. The average molecular weight is 328 g/mol. The summed E-state index contributed by atoms with van der Waals surface area (Å²) in [5.74, 6) is -0.514. The maximum atomic E-state index is 12.8. The first-order valence-corrected chi connectivity index (χ1v) is 8.39. The molecule has 3 amide bonds. The Morgan fingerprint density at radius 2 is 1.75 bits per heavy atom. The van der Waals surface area contributed by atoms with Gasteiger partial charge in [0.05, 0.1) is 17.2 Å². The van der Waals surface area contributed by atoms with E-state index in [2.05, 4.69) is 15.5 Å². The molecule has 4 rings (SSSR count). The molecule has 0 aliphatic carbocycles. The van der Waals surface area contributed by atoms with Crippen LogP contribution in [0.1, 0.15) is 33.6 Å². The second-order valence-electron chi connectivity index (χ2n) is 6.44. The highest BCUT2D eigenvalue weighted by Gasteiger charge is 2.41. The van der Waals surface area contributed by atoms with Crippen LogP contribution in [0.25, 0.3) is 0 Å². The molecule has 1 unspecified atom stereocenters. The van der Waals surface area contributed by atoms with Crippen molar-refractivity contribution < 1.29 is 14.4 Å². The van der Waals surface area contributed by atoms with Crippen LogP contribution in [0.2, 0.25) is 0 Å². The number of anilines is 1. The van der Waals surface area contributed by atoms with Gasteiger partial charge >= 0.3 is 0 Å². The SMILES string of the molecule is O=C1CCC(N2C(=O)c3ccc(N4CCNCC4)cc3C2=O)CN1. The Bertz CT molecular complexity index is 702. The fourth-order valence-corrected chi connectivity index (χ4v) is 3.64. The predicted octanol–water partition coefficient (Wildman–Crippen LogP) is -0.0292. The number of imide groups is 1. The summed E-state index contributed by atoms with van der Waals surface area (Å²) in [7, 11) is 0. The second-order valence-corrected chi connectivity index (χ2v) is 6.44. The van der Waals surface area contributed by atoms with Gasteiger partial charge in [-0.1, -0.05) is 0 Å². The zero-order valence-electron chi connectivity index (χ0n) is 13.4. The Morgan fingerprint density at radius 3 is 2.46 bits per heavy atom. The Balaban J connectivity index is 1.60. The van der Waals surface area contributed by atoms with Crippen molar-refractivity contribution in [3.8, 4) is 0 Å². The number of amides is 3. The summed E-state index contributed by atoms with van der Waals surface area (Å²) in [4.78, 5) is 40.3. The van der Waals surface area contributed by atoms with Crippen molar-refractivity contribution in [2.75, 3.05) is 37.6 Å². The molecule has 0 radical (unpaired) electrons. The van der Waals surface area contributed by atoms with Crippen LogP contribution in [0.5, 0.6) is 0 Å². The number of nitrogens with one attached hydrogen (secondary N) is 2. The number of benzene rings is 1. The first kappa shape index (κ1) is 15.1. The summed E-state index contributed by atoms with van der Waals surface area (Å²) >= 11 is 0. The molecule has 0 saturated carbocycles. The first-order valence-electron chi connectivity index (χ1n) is 8.39. The molecule has 1 atom stereocenters. The molecule has 2 N–H and O–H groups in total. The fourth-order valence-electron chi connectivity index (χ4n) is 3.64. The second kappa shape index (κ2) is 5.90. The van der Waals surface area contributed by atoms with Crippen LogP contribution < -0.4 is 15.5 Å². The minimum atomic E-state index is -0.252. The molecule has 3 aliphatic heterocycles. The van der Waals surface area contributed by atoms with Crippen molar-refractivity contribution in [3.05, 3.63) is 29.3 Å². The third kappa shape index (κ3) is 2.45. The topological polar surface area (TPSA) is 81.8 Å². The lowest BCUT2D eigenvalue weighted by atomic mass is 10.1. The van der Waals surface area contributed by atoms with Crippen molar-refractivity contribution in [2.45, 2.75) is 18.9 Å². The summed E-state index contributed by atoms with van der Waals surface area (Å²) in [6.07, 6.45) is 0.881. The molecular formula is C17H20N4O3. The summed E-state index contributed by atoms with van der Waals surface area (Å²) in [6, 6.07) is 5.26. The van der Waals surface area contributed by atoms with E-state index in [1.165, 1.54) is 4.90 Å². The standard InChI is InChI=1S/C17H20N4O3/c22-15-4-2-12(10-19-15)21-16(23)13-3-1-11(9-14(13)17(21)24)20-7-5-18-6-8-20/h1,3,9,12,18H,2,4-8,10H2,(H,19,22). The van der Waals surface area contributed by atoms with E-state index in [-0.39, 0.29) is 23.8 Å². The van der Waals surface area contributed by atoms with E-state index in [0.29, 0.717) is 30.5 Å². The van der Waals surface area contributed by atoms with Gasteiger partial charge in [-0.05, 0) is 24.6 Å². The molecule has 0 aromatic heterocycles. The molecule has 2 saturated heterocycles. The third-order valence-corrected chi connectivity index (χ3v) is 4.99. The molecule has 0 spiro atoms. The molecule has 0 bridgehead atoms. The van der Waals surface area contributed by atoms with Crippen LogP contribution in [0, 0.1) is 0 Å². The minimum Gasteiger partial charge on any atom is -0.369 e. The average Bonchev–Trinajstić information content (AvgIpc) is 2.87. The van der Waals surface area contributed by atoms with Crippen LogP contribution in [0.3, 0.4) is 0 Å². The zero-order valence-corrected chi connectivity index (χ0v) is 13.4. The van der Waals surface area contributed by atoms with E-state index in [0.717, 1.165) is 31.9 Å². The van der Waals surface area contributed by atoms with E-state index in [9.17, 15) is 14.4 Å². The van der Waals surface area contributed by atoms with Crippen molar-refractivity contribution in [1.29, 1.82) is 0 Å². The number of piperazine rings is 1. The summed E-state index contributed by atoms with van der Waals surface area (Å²) in [5, 5.41) is 6.04. The molecule has 3 aliphatic rings. The molecular weight excluding hydrogens is 308 g/mol. The third-order valence-electron chi connectivity index (χ3n) is 4.99. The molecule has 7 heteroatoms. The van der Waals surface area contributed by atoms with Crippen LogP contribution in [-0.4, -0.2) is 61.4 Å². The molecule has 3 heterocycles. The Hall–Kier alpha value is -2.41. The van der Waals surface area contributed by atoms with Gasteiger partial charge in [-0.15, -0.1) is 0 Å². The lowest BCUT2D eigenvalue weighted by Gasteiger charge is -2.30. The molecule has 2 fully saturated rings. The Labute approximate surface area is 140 Å². The lowest BCUT2D eigenvalue weighted by molar-refractivity contribution is -0.123. The normalized spacial score (nSPS) is 24.2. The zero-order chi connectivity index (χ0) is 16.7. The lowest BCUT2D eigenvalue weighted by Crippen LogP contribution is -2.50. The summed E-state index contributed by atoms with van der Waals surface area (Å²) < 4.78 is 0. The monoisotopic (exact) mass is 328 g/mol. The summed E-state index contributed by atoms with van der Waals surface area (Å²) in [5.41, 5.74) is 1.93. The van der Waals surface area contributed by atoms with Crippen LogP contribution in [-0.2, 0) is 4.79 Å². The van der Waals surface area contributed by atoms with Gasteiger partial charge in [0.2, 0.25) is 5.91 Å². The number of carbonyl (C=O) groups is 3. The van der Waals surface area contributed by atoms with E-state index < -0.39 is 0 Å². The van der Waals surface area contributed by atoms with Crippen molar-refractivity contribution in [2.24, 2.45) is 0 Å². The van der Waals surface area contributed by atoms with Crippen molar-refractivity contribution >= 4 is 23.4 Å². The summed E-state index contributed by atoms with van der Waals surface area (Å²) in [6.45, 7) is 3.95. The number of piperidine rings is 1. The number of fused-ring (bicyclic) bond motifs is 1. The van der Waals surface area contributed by atoms with E-state index >= 15 is 0 Å². The molecule has 1 aromatic rings.